The quantitative estimate of drug-likeness (QED) is 0.619. The molecule has 70 valence electrons. The second-order valence-electron chi connectivity index (χ2n) is 2.86. The Balaban J connectivity index is 0. The standard InChI is InChI=1S/C8H10.C3H8.HI/c1-7-3-5-8(2)6-4-7;1-3-2;/h3-6H,1-2H3;3H2,1-2H3;1H. The number of rotatable bonds is 0. The second kappa shape index (κ2) is 9.04. The average Bonchev–Trinajstić information content (AvgIpc) is 1.97. The Labute approximate surface area is 93.4 Å². The Morgan fingerprint density at radius 2 is 1.00 bits per heavy atom. The Morgan fingerprint density at radius 3 is 1.17 bits per heavy atom. The lowest BCUT2D eigenvalue weighted by Gasteiger charge is -1.90. The summed E-state index contributed by atoms with van der Waals surface area (Å²) in [5.41, 5.74) is 2.66. The largest absolute Gasteiger partial charge is 0.107 e. The zero-order valence-electron chi connectivity index (χ0n) is 8.42. The molecule has 0 N–H and O–H groups in total. The van der Waals surface area contributed by atoms with Crippen molar-refractivity contribution < 1.29 is 0 Å². The molecule has 0 radical (unpaired) electrons. The highest BCUT2D eigenvalue weighted by Gasteiger charge is 1.79. The van der Waals surface area contributed by atoms with Gasteiger partial charge >= 0.3 is 0 Å². The van der Waals surface area contributed by atoms with Crippen molar-refractivity contribution in [1.82, 2.24) is 0 Å². The van der Waals surface area contributed by atoms with Gasteiger partial charge in [-0.05, 0) is 13.8 Å². The van der Waals surface area contributed by atoms with Crippen LogP contribution in [-0.2, 0) is 0 Å². The van der Waals surface area contributed by atoms with Crippen molar-refractivity contribution >= 4 is 24.0 Å². The van der Waals surface area contributed by atoms with Gasteiger partial charge in [-0.2, -0.15) is 0 Å². The van der Waals surface area contributed by atoms with Crippen LogP contribution in [0, 0.1) is 13.8 Å². The maximum Gasteiger partial charge on any atom is -0.0398 e. The Hall–Kier alpha value is -0.0500. The topological polar surface area (TPSA) is 0 Å². The van der Waals surface area contributed by atoms with E-state index in [2.05, 4.69) is 52.0 Å². The van der Waals surface area contributed by atoms with Gasteiger partial charge in [-0.1, -0.05) is 55.7 Å². The molecule has 0 aliphatic heterocycles. The summed E-state index contributed by atoms with van der Waals surface area (Å²) in [6, 6.07) is 8.48. The van der Waals surface area contributed by atoms with Crippen molar-refractivity contribution in [3.63, 3.8) is 0 Å². The fourth-order valence-electron chi connectivity index (χ4n) is 0.637. The molecule has 1 heteroatoms. The van der Waals surface area contributed by atoms with E-state index >= 15 is 0 Å². The van der Waals surface area contributed by atoms with Gasteiger partial charge in [0.05, 0.1) is 0 Å². The average molecular weight is 278 g/mol. The molecule has 0 aliphatic rings. The van der Waals surface area contributed by atoms with E-state index in [0.717, 1.165) is 0 Å². The van der Waals surface area contributed by atoms with Crippen LogP contribution in [0.3, 0.4) is 0 Å². The molecule has 1 aromatic rings. The van der Waals surface area contributed by atoms with Crippen LogP contribution in [0.5, 0.6) is 0 Å². The van der Waals surface area contributed by atoms with E-state index in [4.69, 9.17) is 0 Å². The van der Waals surface area contributed by atoms with E-state index in [1.807, 2.05) is 0 Å². The van der Waals surface area contributed by atoms with Gasteiger partial charge in [0.25, 0.3) is 0 Å². The summed E-state index contributed by atoms with van der Waals surface area (Å²) in [4.78, 5) is 0. The first-order valence-electron chi connectivity index (χ1n) is 4.24. The molecule has 0 nitrogen and oxygen atoms in total. The van der Waals surface area contributed by atoms with Crippen molar-refractivity contribution in [2.75, 3.05) is 0 Å². The van der Waals surface area contributed by atoms with E-state index in [1.165, 1.54) is 17.5 Å². The smallest absolute Gasteiger partial charge is 0.0398 e. The Kier molecular flexibility index (Phi) is 10.9. The number of benzene rings is 1. The molecule has 0 aliphatic carbocycles. The molecular weight excluding hydrogens is 259 g/mol. The number of hydrogen-bond donors (Lipinski definition) is 0. The number of hydrogen-bond acceptors (Lipinski definition) is 0. The molecule has 1 aromatic carbocycles. The molecular formula is C11H19I. The molecule has 12 heavy (non-hydrogen) atoms. The van der Waals surface area contributed by atoms with Crippen molar-refractivity contribution in [3.05, 3.63) is 35.4 Å². The fraction of sp³-hybridized carbons (Fsp3) is 0.455. The van der Waals surface area contributed by atoms with E-state index < -0.39 is 0 Å². The van der Waals surface area contributed by atoms with E-state index in [-0.39, 0.29) is 24.0 Å². The summed E-state index contributed by atoms with van der Waals surface area (Å²) in [5, 5.41) is 0. The van der Waals surface area contributed by atoms with Gasteiger partial charge in [-0.15, -0.1) is 24.0 Å². The lowest BCUT2D eigenvalue weighted by atomic mass is 10.2. The molecule has 0 spiro atoms. The molecule has 0 bridgehead atoms. The minimum absolute atomic E-state index is 0. The Bertz CT molecular complexity index is 156. The lowest BCUT2D eigenvalue weighted by molar-refractivity contribution is 1.09. The zero-order chi connectivity index (χ0) is 8.69. The van der Waals surface area contributed by atoms with Gasteiger partial charge in [0.2, 0.25) is 0 Å². The zero-order valence-corrected chi connectivity index (χ0v) is 10.8. The normalized spacial score (nSPS) is 7.67. The highest BCUT2D eigenvalue weighted by Crippen LogP contribution is 1.99. The molecule has 0 saturated carbocycles. The Morgan fingerprint density at radius 1 is 0.833 bits per heavy atom. The van der Waals surface area contributed by atoms with E-state index in [1.54, 1.807) is 0 Å². The first kappa shape index (κ1) is 14.5. The molecule has 0 saturated heterocycles. The highest BCUT2D eigenvalue weighted by atomic mass is 127. The predicted molar refractivity (Wildman–Crippen MR) is 67.3 cm³/mol. The minimum atomic E-state index is 0. The van der Waals surface area contributed by atoms with Gasteiger partial charge in [0.1, 0.15) is 0 Å². The van der Waals surface area contributed by atoms with Crippen LogP contribution >= 0.6 is 24.0 Å². The van der Waals surface area contributed by atoms with Crippen LogP contribution < -0.4 is 0 Å². The molecule has 0 unspecified atom stereocenters. The third-order valence-electron chi connectivity index (χ3n) is 1.22. The molecule has 0 amide bonds. The van der Waals surface area contributed by atoms with Crippen molar-refractivity contribution in [3.8, 4) is 0 Å². The minimum Gasteiger partial charge on any atom is -0.107 e. The maximum absolute atomic E-state index is 2.12. The SMILES string of the molecule is CCC.Cc1ccc(C)cc1.I. The molecule has 0 atom stereocenters. The number of aryl methyl sites for hydroxylation is 2. The van der Waals surface area contributed by atoms with Crippen LogP contribution in [0.2, 0.25) is 0 Å². The summed E-state index contributed by atoms with van der Waals surface area (Å²) in [6.45, 7) is 8.44. The van der Waals surface area contributed by atoms with Crippen molar-refractivity contribution in [2.45, 2.75) is 34.1 Å². The van der Waals surface area contributed by atoms with Crippen LogP contribution in [0.1, 0.15) is 31.4 Å². The molecule has 0 heterocycles. The fourth-order valence-corrected chi connectivity index (χ4v) is 0.637. The predicted octanol–water partition coefficient (Wildman–Crippen LogP) is 4.34. The third kappa shape index (κ3) is 8.05. The van der Waals surface area contributed by atoms with Crippen molar-refractivity contribution in [2.24, 2.45) is 0 Å². The second-order valence-corrected chi connectivity index (χ2v) is 2.86. The first-order valence-corrected chi connectivity index (χ1v) is 4.24. The van der Waals surface area contributed by atoms with Crippen LogP contribution in [0.4, 0.5) is 0 Å². The summed E-state index contributed by atoms with van der Waals surface area (Å²) in [7, 11) is 0. The first-order chi connectivity index (χ1) is 5.20. The van der Waals surface area contributed by atoms with Crippen LogP contribution in [0.15, 0.2) is 24.3 Å². The third-order valence-corrected chi connectivity index (χ3v) is 1.22. The summed E-state index contributed by atoms with van der Waals surface area (Å²) >= 11 is 0. The monoisotopic (exact) mass is 278 g/mol. The molecule has 0 fully saturated rings. The van der Waals surface area contributed by atoms with Gasteiger partial charge in [0, 0.05) is 0 Å². The van der Waals surface area contributed by atoms with Gasteiger partial charge in [0.15, 0.2) is 0 Å². The van der Waals surface area contributed by atoms with Gasteiger partial charge in [-0.3, -0.25) is 0 Å². The molecule has 0 aromatic heterocycles. The van der Waals surface area contributed by atoms with Crippen LogP contribution in [0.25, 0.3) is 0 Å². The highest BCUT2D eigenvalue weighted by molar-refractivity contribution is 14.0. The van der Waals surface area contributed by atoms with Gasteiger partial charge < -0.3 is 0 Å². The lowest BCUT2D eigenvalue weighted by Crippen LogP contribution is -1.70. The van der Waals surface area contributed by atoms with Crippen LogP contribution in [-0.4, -0.2) is 0 Å². The van der Waals surface area contributed by atoms with E-state index in [0.29, 0.717) is 0 Å². The summed E-state index contributed by atoms with van der Waals surface area (Å²) in [6.07, 6.45) is 1.25. The van der Waals surface area contributed by atoms with Crippen molar-refractivity contribution in [1.29, 1.82) is 0 Å². The summed E-state index contributed by atoms with van der Waals surface area (Å²) in [5.74, 6) is 0. The summed E-state index contributed by atoms with van der Waals surface area (Å²) < 4.78 is 0. The van der Waals surface area contributed by atoms with Gasteiger partial charge in [-0.25, -0.2) is 0 Å². The maximum atomic E-state index is 2.12. The van der Waals surface area contributed by atoms with E-state index in [9.17, 15) is 0 Å². The molecule has 1 rings (SSSR count). The number of halogens is 1.